The zero-order chi connectivity index (χ0) is 23.6. The molecule has 33 heavy (non-hydrogen) atoms. The lowest BCUT2D eigenvalue weighted by molar-refractivity contribution is 0.0952. The van der Waals surface area contributed by atoms with Gasteiger partial charge in [-0.05, 0) is 55.8 Å². The highest BCUT2D eigenvalue weighted by atomic mass is 32.2. The SMILES string of the molecule is CC(C)n1c(=O)sc2cc(S(=O)(=O)Nc3ccccc3C(=O)NCc3cccnc3)ccc21. The lowest BCUT2D eigenvalue weighted by Crippen LogP contribution is -2.25. The second-order valence-electron chi connectivity index (χ2n) is 7.66. The number of anilines is 1. The topological polar surface area (TPSA) is 110 Å². The average molecular weight is 483 g/mol. The minimum absolute atomic E-state index is 0.0118. The minimum Gasteiger partial charge on any atom is -0.348 e. The summed E-state index contributed by atoms with van der Waals surface area (Å²) < 4.78 is 30.9. The summed E-state index contributed by atoms with van der Waals surface area (Å²) >= 11 is 1.00. The van der Waals surface area contributed by atoms with Crippen molar-refractivity contribution in [2.45, 2.75) is 31.3 Å². The van der Waals surface area contributed by atoms with E-state index in [2.05, 4.69) is 15.0 Å². The van der Waals surface area contributed by atoms with Crippen molar-refractivity contribution in [3.63, 3.8) is 0 Å². The number of hydrogen-bond donors (Lipinski definition) is 2. The first-order valence-electron chi connectivity index (χ1n) is 10.2. The number of fused-ring (bicyclic) bond motifs is 1. The number of nitrogens with one attached hydrogen (secondary N) is 2. The van der Waals surface area contributed by atoms with Crippen LogP contribution in [0.25, 0.3) is 10.2 Å². The Labute approximate surface area is 195 Å². The third kappa shape index (κ3) is 4.81. The molecule has 2 N–H and O–H groups in total. The Morgan fingerprint density at radius 1 is 1.12 bits per heavy atom. The van der Waals surface area contributed by atoms with Gasteiger partial charge in [-0.2, -0.15) is 0 Å². The van der Waals surface area contributed by atoms with Gasteiger partial charge in [-0.25, -0.2) is 8.42 Å². The smallest absolute Gasteiger partial charge is 0.308 e. The van der Waals surface area contributed by atoms with E-state index in [1.54, 1.807) is 47.3 Å². The van der Waals surface area contributed by atoms with Crippen LogP contribution in [0.3, 0.4) is 0 Å². The number of aromatic nitrogens is 2. The molecule has 2 heterocycles. The van der Waals surface area contributed by atoms with Gasteiger partial charge in [0.15, 0.2) is 0 Å². The molecule has 0 unspecified atom stereocenters. The van der Waals surface area contributed by atoms with Crippen LogP contribution in [0.4, 0.5) is 5.69 Å². The summed E-state index contributed by atoms with van der Waals surface area (Å²) in [6.45, 7) is 4.06. The number of benzene rings is 2. The molecule has 0 radical (unpaired) electrons. The van der Waals surface area contributed by atoms with Crippen LogP contribution in [0.2, 0.25) is 0 Å². The molecule has 0 aliphatic carbocycles. The van der Waals surface area contributed by atoms with Crippen molar-refractivity contribution in [1.29, 1.82) is 0 Å². The van der Waals surface area contributed by atoms with Crippen LogP contribution in [0, 0.1) is 0 Å². The first kappa shape index (κ1) is 22.7. The summed E-state index contributed by atoms with van der Waals surface area (Å²) in [5, 5.41) is 2.78. The molecule has 0 spiro atoms. The Morgan fingerprint density at radius 3 is 2.64 bits per heavy atom. The molecule has 0 bridgehead atoms. The van der Waals surface area contributed by atoms with Crippen molar-refractivity contribution in [2.24, 2.45) is 0 Å². The van der Waals surface area contributed by atoms with E-state index in [0.717, 1.165) is 16.9 Å². The van der Waals surface area contributed by atoms with Crippen LogP contribution >= 0.6 is 11.3 Å². The second-order valence-corrected chi connectivity index (χ2v) is 10.3. The van der Waals surface area contributed by atoms with Crippen molar-refractivity contribution in [1.82, 2.24) is 14.9 Å². The van der Waals surface area contributed by atoms with Crippen LogP contribution < -0.4 is 14.9 Å². The van der Waals surface area contributed by atoms with Crippen LogP contribution in [0.15, 0.2) is 76.7 Å². The van der Waals surface area contributed by atoms with Crippen LogP contribution in [-0.2, 0) is 16.6 Å². The summed E-state index contributed by atoms with van der Waals surface area (Å²) in [6, 6.07) is 14.5. The third-order valence-corrected chi connectivity index (χ3v) is 7.28. The third-order valence-electron chi connectivity index (χ3n) is 5.00. The first-order valence-corrected chi connectivity index (χ1v) is 12.5. The fourth-order valence-electron chi connectivity index (χ4n) is 3.43. The Morgan fingerprint density at radius 2 is 1.91 bits per heavy atom. The van der Waals surface area contributed by atoms with Crippen molar-refractivity contribution in [2.75, 3.05) is 4.72 Å². The molecule has 0 aliphatic heterocycles. The quantitative estimate of drug-likeness (QED) is 0.417. The zero-order valence-corrected chi connectivity index (χ0v) is 19.6. The molecule has 2 aromatic carbocycles. The molecule has 8 nitrogen and oxygen atoms in total. The van der Waals surface area contributed by atoms with Crippen LogP contribution in [0.5, 0.6) is 0 Å². The van der Waals surface area contributed by atoms with E-state index in [4.69, 9.17) is 0 Å². The van der Waals surface area contributed by atoms with E-state index in [0.29, 0.717) is 10.2 Å². The highest BCUT2D eigenvalue weighted by Gasteiger charge is 2.20. The molecule has 0 saturated carbocycles. The number of carbonyl (C=O) groups excluding carboxylic acids is 1. The van der Waals surface area contributed by atoms with Crippen molar-refractivity contribution >= 4 is 43.2 Å². The number of rotatable bonds is 7. The van der Waals surface area contributed by atoms with Gasteiger partial charge in [-0.3, -0.25) is 23.9 Å². The van der Waals surface area contributed by atoms with Crippen molar-refractivity contribution < 1.29 is 13.2 Å². The summed E-state index contributed by atoms with van der Waals surface area (Å²) in [6.07, 6.45) is 3.29. The van der Waals surface area contributed by atoms with Crippen LogP contribution in [-0.4, -0.2) is 23.9 Å². The Hall–Kier alpha value is -3.50. The van der Waals surface area contributed by atoms with E-state index in [1.165, 1.54) is 18.2 Å². The maximum Gasteiger partial charge on any atom is 0.308 e. The number of nitrogens with zero attached hydrogens (tertiary/aromatic N) is 2. The van der Waals surface area contributed by atoms with Gasteiger partial charge in [0.2, 0.25) is 0 Å². The Balaban J connectivity index is 1.60. The standard InChI is InChI=1S/C23H22N4O4S2/c1-15(2)27-20-10-9-17(12-21(20)32-23(27)29)33(30,31)26-19-8-4-3-7-18(19)22(28)25-14-16-6-5-11-24-13-16/h3-13,15,26H,14H2,1-2H3,(H,25,28). The molecule has 1 amide bonds. The van der Waals surface area contributed by atoms with E-state index in [9.17, 15) is 18.0 Å². The zero-order valence-electron chi connectivity index (χ0n) is 18.0. The van der Waals surface area contributed by atoms with Gasteiger partial charge < -0.3 is 5.32 Å². The van der Waals surface area contributed by atoms with E-state index < -0.39 is 15.9 Å². The highest BCUT2D eigenvalue weighted by Crippen LogP contribution is 2.26. The van der Waals surface area contributed by atoms with Gasteiger partial charge in [0, 0.05) is 25.0 Å². The second kappa shape index (κ2) is 9.16. The van der Waals surface area contributed by atoms with Crippen molar-refractivity contribution in [3.8, 4) is 0 Å². The van der Waals surface area contributed by atoms with E-state index in [-0.39, 0.29) is 33.6 Å². The predicted molar refractivity (Wildman–Crippen MR) is 129 cm³/mol. The monoisotopic (exact) mass is 482 g/mol. The maximum absolute atomic E-state index is 13.1. The largest absolute Gasteiger partial charge is 0.348 e. The highest BCUT2D eigenvalue weighted by molar-refractivity contribution is 7.92. The van der Waals surface area contributed by atoms with Crippen molar-refractivity contribution in [3.05, 3.63) is 87.8 Å². The average Bonchev–Trinajstić information content (AvgIpc) is 3.13. The Bertz CT molecular complexity index is 1480. The lowest BCUT2D eigenvalue weighted by Gasteiger charge is -2.13. The van der Waals surface area contributed by atoms with E-state index >= 15 is 0 Å². The van der Waals surface area contributed by atoms with Gasteiger partial charge in [-0.15, -0.1) is 0 Å². The van der Waals surface area contributed by atoms with Gasteiger partial charge in [0.05, 0.1) is 26.4 Å². The van der Waals surface area contributed by atoms with Crippen LogP contribution in [0.1, 0.15) is 35.8 Å². The number of thiazole rings is 1. The molecule has 0 saturated heterocycles. The fraction of sp³-hybridized carbons (Fsp3) is 0.174. The molecule has 0 aliphatic rings. The molecule has 4 aromatic rings. The number of sulfonamides is 1. The first-order chi connectivity index (χ1) is 15.8. The summed E-state index contributed by atoms with van der Waals surface area (Å²) in [7, 11) is -4.00. The summed E-state index contributed by atoms with van der Waals surface area (Å²) in [4.78, 5) is 28.9. The molecule has 2 aromatic heterocycles. The fourth-order valence-corrected chi connectivity index (χ4v) is 5.66. The molecule has 170 valence electrons. The molecular weight excluding hydrogens is 460 g/mol. The van der Waals surface area contributed by atoms with Gasteiger partial charge in [0.1, 0.15) is 0 Å². The van der Waals surface area contributed by atoms with Gasteiger partial charge in [-0.1, -0.05) is 29.5 Å². The number of carbonyl (C=O) groups is 1. The predicted octanol–water partition coefficient (Wildman–Crippen LogP) is 3.77. The van der Waals surface area contributed by atoms with E-state index in [1.807, 2.05) is 19.9 Å². The molecular formula is C23H22N4O4S2. The summed E-state index contributed by atoms with van der Waals surface area (Å²) in [5.41, 5.74) is 1.87. The number of hydrogen-bond acceptors (Lipinski definition) is 6. The number of pyridine rings is 1. The normalized spacial score (nSPS) is 11.6. The minimum atomic E-state index is -4.00. The molecule has 4 rings (SSSR count). The van der Waals surface area contributed by atoms with Gasteiger partial charge >= 0.3 is 4.87 Å². The number of amides is 1. The maximum atomic E-state index is 13.1. The number of para-hydroxylation sites is 1. The Kier molecular flexibility index (Phi) is 6.30. The molecule has 0 atom stereocenters. The van der Waals surface area contributed by atoms with Gasteiger partial charge in [0.25, 0.3) is 15.9 Å². The summed E-state index contributed by atoms with van der Waals surface area (Å²) in [5.74, 6) is -0.417. The molecule has 0 fully saturated rings. The lowest BCUT2D eigenvalue weighted by atomic mass is 10.1. The molecule has 10 heteroatoms.